The standard InChI is InChI=1S/C20H38O2/c1-4-21-18(3)22-20-15-11-9-7-5-6-8-10-12-19(20)14-13-17(2)16-20/h17-19H,4-16H2,1-3H3. The van der Waals surface area contributed by atoms with Crippen LogP contribution in [0.4, 0.5) is 0 Å². The maximum Gasteiger partial charge on any atom is 0.155 e. The van der Waals surface area contributed by atoms with Crippen LogP contribution in [0.1, 0.15) is 97.8 Å². The van der Waals surface area contributed by atoms with E-state index in [4.69, 9.17) is 9.47 Å². The van der Waals surface area contributed by atoms with E-state index in [-0.39, 0.29) is 11.9 Å². The molecule has 0 N–H and O–H groups in total. The van der Waals surface area contributed by atoms with E-state index in [1.165, 1.54) is 77.0 Å². The van der Waals surface area contributed by atoms with Gasteiger partial charge in [0.2, 0.25) is 0 Å². The van der Waals surface area contributed by atoms with Crippen molar-refractivity contribution >= 4 is 0 Å². The SMILES string of the molecule is CCOC(C)OC12CCCCCCCCCC1CCC(C)C2. The molecule has 0 spiro atoms. The summed E-state index contributed by atoms with van der Waals surface area (Å²) in [6.45, 7) is 7.32. The van der Waals surface area contributed by atoms with Crippen molar-refractivity contribution in [3.05, 3.63) is 0 Å². The normalized spacial score (nSPS) is 36.1. The van der Waals surface area contributed by atoms with Crippen molar-refractivity contribution in [2.24, 2.45) is 11.8 Å². The molecule has 0 aromatic carbocycles. The second-order valence-electron chi connectivity index (χ2n) is 7.80. The first-order chi connectivity index (χ1) is 10.7. The molecule has 4 unspecified atom stereocenters. The van der Waals surface area contributed by atoms with Gasteiger partial charge in [-0.1, -0.05) is 58.3 Å². The Morgan fingerprint density at radius 3 is 2.36 bits per heavy atom. The van der Waals surface area contributed by atoms with Gasteiger partial charge < -0.3 is 9.47 Å². The van der Waals surface area contributed by atoms with E-state index >= 15 is 0 Å². The largest absolute Gasteiger partial charge is 0.353 e. The Balaban J connectivity index is 2.11. The van der Waals surface area contributed by atoms with Gasteiger partial charge in [0.05, 0.1) is 5.60 Å². The minimum Gasteiger partial charge on any atom is -0.353 e. The molecule has 2 nitrogen and oxygen atoms in total. The van der Waals surface area contributed by atoms with E-state index in [0.717, 1.165) is 18.4 Å². The summed E-state index contributed by atoms with van der Waals surface area (Å²) < 4.78 is 12.4. The Labute approximate surface area is 138 Å². The Morgan fingerprint density at radius 1 is 0.955 bits per heavy atom. The van der Waals surface area contributed by atoms with Crippen LogP contribution < -0.4 is 0 Å². The molecule has 0 aromatic heterocycles. The van der Waals surface area contributed by atoms with Crippen LogP contribution in [0.5, 0.6) is 0 Å². The monoisotopic (exact) mass is 310 g/mol. The second-order valence-corrected chi connectivity index (χ2v) is 7.80. The van der Waals surface area contributed by atoms with Crippen LogP contribution in [0.25, 0.3) is 0 Å². The number of hydrogen-bond donors (Lipinski definition) is 0. The lowest BCUT2D eigenvalue weighted by Gasteiger charge is -2.48. The predicted molar refractivity (Wildman–Crippen MR) is 93.0 cm³/mol. The second kappa shape index (κ2) is 9.27. The fourth-order valence-corrected chi connectivity index (χ4v) is 4.82. The van der Waals surface area contributed by atoms with Gasteiger partial charge >= 0.3 is 0 Å². The van der Waals surface area contributed by atoms with Crippen molar-refractivity contribution in [2.45, 2.75) is 110 Å². The average Bonchev–Trinajstić information content (AvgIpc) is 2.51. The molecule has 0 radical (unpaired) electrons. The highest BCUT2D eigenvalue weighted by Gasteiger charge is 2.44. The van der Waals surface area contributed by atoms with Crippen LogP contribution >= 0.6 is 0 Å². The molecule has 2 aliphatic carbocycles. The molecule has 0 amide bonds. The number of ether oxygens (including phenoxy) is 2. The van der Waals surface area contributed by atoms with Crippen LogP contribution in [0, 0.1) is 11.8 Å². The Hall–Kier alpha value is -0.0800. The van der Waals surface area contributed by atoms with Gasteiger partial charge in [-0.3, -0.25) is 0 Å². The van der Waals surface area contributed by atoms with Crippen LogP contribution in [0.15, 0.2) is 0 Å². The zero-order valence-corrected chi connectivity index (χ0v) is 15.2. The highest BCUT2D eigenvalue weighted by atomic mass is 16.7. The molecule has 4 atom stereocenters. The van der Waals surface area contributed by atoms with Crippen molar-refractivity contribution in [1.82, 2.24) is 0 Å². The topological polar surface area (TPSA) is 18.5 Å². The molecule has 0 aliphatic heterocycles. The van der Waals surface area contributed by atoms with Crippen molar-refractivity contribution in [1.29, 1.82) is 0 Å². The van der Waals surface area contributed by atoms with Crippen molar-refractivity contribution in [3.8, 4) is 0 Å². The highest BCUT2D eigenvalue weighted by Crippen LogP contribution is 2.46. The molecule has 0 heterocycles. The van der Waals surface area contributed by atoms with Crippen LogP contribution in [0.2, 0.25) is 0 Å². The van der Waals surface area contributed by atoms with Crippen LogP contribution in [-0.4, -0.2) is 18.5 Å². The van der Waals surface area contributed by atoms with Gasteiger partial charge in [0.15, 0.2) is 6.29 Å². The highest BCUT2D eigenvalue weighted by molar-refractivity contribution is 4.94. The van der Waals surface area contributed by atoms with Gasteiger partial charge in [0.1, 0.15) is 0 Å². The van der Waals surface area contributed by atoms with Gasteiger partial charge in [-0.05, 0) is 51.4 Å². The van der Waals surface area contributed by atoms with Crippen LogP contribution in [-0.2, 0) is 9.47 Å². The molecule has 130 valence electrons. The summed E-state index contributed by atoms with van der Waals surface area (Å²) in [5.74, 6) is 1.56. The molecule has 2 fully saturated rings. The van der Waals surface area contributed by atoms with Crippen molar-refractivity contribution in [2.75, 3.05) is 6.61 Å². The first-order valence-electron chi connectivity index (χ1n) is 9.95. The Morgan fingerprint density at radius 2 is 1.64 bits per heavy atom. The fourth-order valence-electron chi connectivity index (χ4n) is 4.82. The maximum atomic E-state index is 6.64. The summed E-state index contributed by atoms with van der Waals surface area (Å²) in [5.41, 5.74) is 0.0938. The summed E-state index contributed by atoms with van der Waals surface area (Å²) in [6.07, 6.45) is 16.4. The molecule has 0 saturated heterocycles. The summed E-state index contributed by atoms with van der Waals surface area (Å²) in [6, 6.07) is 0. The first-order valence-corrected chi connectivity index (χ1v) is 9.95. The van der Waals surface area contributed by atoms with E-state index < -0.39 is 0 Å². The summed E-state index contributed by atoms with van der Waals surface area (Å²) in [5, 5.41) is 0. The molecule has 2 rings (SSSR count). The average molecular weight is 311 g/mol. The Bertz CT molecular complexity index is 304. The summed E-state index contributed by atoms with van der Waals surface area (Å²) in [7, 11) is 0. The van der Waals surface area contributed by atoms with Crippen LogP contribution in [0.3, 0.4) is 0 Å². The third-order valence-corrected chi connectivity index (χ3v) is 5.90. The van der Waals surface area contributed by atoms with E-state index in [9.17, 15) is 0 Å². The first kappa shape index (κ1) is 18.3. The molecule has 0 aromatic rings. The summed E-state index contributed by atoms with van der Waals surface area (Å²) in [4.78, 5) is 0. The van der Waals surface area contributed by atoms with Gasteiger partial charge in [0.25, 0.3) is 0 Å². The molecular weight excluding hydrogens is 272 g/mol. The summed E-state index contributed by atoms with van der Waals surface area (Å²) >= 11 is 0. The third kappa shape index (κ3) is 5.23. The molecule has 0 bridgehead atoms. The van der Waals surface area contributed by atoms with Crippen molar-refractivity contribution in [3.63, 3.8) is 0 Å². The lowest BCUT2D eigenvalue weighted by molar-refractivity contribution is -0.236. The predicted octanol–water partition coefficient (Wildman–Crippen LogP) is 6.09. The fraction of sp³-hybridized carbons (Fsp3) is 1.00. The van der Waals surface area contributed by atoms with Crippen molar-refractivity contribution < 1.29 is 9.47 Å². The van der Waals surface area contributed by atoms with Gasteiger partial charge in [-0.25, -0.2) is 0 Å². The van der Waals surface area contributed by atoms with E-state index in [2.05, 4.69) is 20.8 Å². The van der Waals surface area contributed by atoms with Gasteiger partial charge in [-0.2, -0.15) is 0 Å². The molecule has 2 aliphatic rings. The lowest BCUT2D eigenvalue weighted by atomic mass is 9.67. The smallest absolute Gasteiger partial charge is 0.155 e. The minimum absolute atomic E-state index is 0.0528. The number of rotatable bonds is 4. The number of fused-ring (bicyclic) bond motifs is 1. The molecule has 2 saturated carbocycles. The minimum atomic E-state index is -0.0528. The molecular formula is C20H38O2. The zero-order valence-electron chi connectivity index (χ0n) is 15.2. The zero-order chi connectivity index (χ0) is 15.8. The lowest BCUT2D eigenvalue weighted by Crippen LogP contribution is -2.48. The van der Waals surface area contributed by atoms with E-state index in [0.29, 0.717) is 0 Å². The van der Waals surface area contributed by atoms with E-state index in [1.807, 2.05) is 0 Å². The molecule has 2 heteroatoms. The van der Waals surface area contributed by atoms with Gasteiger partial charge in [-0.15, -0.1) is 0 Å². The maximum absolute atomic E-state index is 6.64. The third-order valence-electron chi connectivity index (χ3n) is 5.90. The Kier molecular flexibility index (Phi) is 7.70. The van der Waals surface area contributed by atoms with E-state index in [1.54, 1.807) is 0 Å². The molecule has 22 heavy (non-hydrogen) atoms. The van der Waals surface area contributed by atoms with Gasteiger partial charge in [0, 0.05) is 6.61 Å². The number of hydrogen-bond acceptors (Lipinski definition) is 2. The quantitative estimate of drug-likeness (QED) is 0.585.